The second-order valence-electron chi connectivity index (χ2n) is 2.74. The van der Waals surface area contributed by atoms with E-state index in [0.29, 0.717) is 10.9 Å². The van der Waals surface area contributed by atoms with Crippen LogP contribution in [0.15, 0.2) is 27.9 Å². The largest absolute Gasteiger partial charge is 0.297 e. The lowest BCUT2D eigenvalue weighted by atomic mass is 10.2. The molecule has 0 atom stereocenters. The number of halogens is 1. The highest BCUT2D eigenvalue weighted by Crippen LogP contribution is 2.18. The molecule has 1 N–H and O–H groups in total. The number of aromatic amines is 1. The molecular formula is C9H7ClN2OS. The van der Waals surface area contributed by atoms with Gasteiger partial charge in [-0.05, 0) is 36.1 Å². The topological polar surface area (TPSA) is 45.8 Å². The highest BCUT2D eigenvalue weighted by atomic mass is 35.5. The monoisotopic (exact) mass is 226 g/mol. The molecule has 2 aromatic rings. The Hall–Kier alpha value is -1.00. The van der Waals surface area contributed by atoms with Gasteiger partial charge in [0.15, 0.2) is 0 Å². The summed E-state index contributed by atoms with van der Waals surface area (Å²) in [6, 6.07) is 5.49. The maximum Gasteiger partial charge on any atom is 0.259 e. The van der Waals surface area contributed by atoms with Gasteiger partial charge in [0.25, 0.3) is 5.56 Å². The Kier molecular flexibility index (Phi) is 2.48. The van der Waals surface area contributed by atoms with E-state index in [1.807, 2.05) is 18.4 Å². The van der Waals surface area contributed by atoms with Crippen LogP contribution >= 0.6 is 23.4 Å². The molecule has 1 aromatic heterocycles. The number of H-pyrrole nitrogens is 1. The summed E-state index contributed by atoms with van der Waals surface area (Å²) in [5.41, 5.74) is 0.429. The number of rotatable bonds is 1. The predicted octanol–water partition coefficient (Wildman–Crippen LogP) is 2.30. The van der Waals surface area contributed by atoms with Crippen LogP contribution in [0, 0.1) is 0 Å². The molecule has 0 fully saturated rings. The highest BCUT2D eigenvalue weighted by molar-refractivity contribution is 7.98. The van der Waals surface area contributed by atoms with Gasteiger partial charge < -0.3 is 0 Å². The van der Waals surface area contributed by atoms with Crippen LogP contribution in [0.4, 0.5) is 0 Å². The zero-order chi connectivity index (χ0) is 10.1. The van der Waals surface area contributed by atoms with Crippen molar-refractivity contribution in [3.63, 3.8) is 0 Å². The van der Waals surface area contributed by atoms with Crippen molar-refractivity contribution in [3.8, 4) is 0 Å². The van der Waals surface area contributed by atoms with E-state index < -0.39 is 0 Å². The van der Waals surface area contributed by atoms with Crippen molar-refractivity contribution in [2.24, 2.45) is 0 Å². The van der Waals surface area contributed by atoms with Gasteiger partial charge in [-0.15, -0.1) is 11.8 Å². The standard InChI is InChI=1S/C9H7ClN2OS/c1-14-5-2-3-6-7(4-5)11-9(10)12-8(6)13/h2-4H,1H3,(H,11,12,13). The molecular weight excluding hydrogens is 220 g/mol. The van der Waals surface area contributed by atoms with Gasteiger partial charge in [0, 0.05) is 4.90 Å². The van der Waals surface area contributed by atoms with Crippen molar-refractivity contribution < 1.29 is 0 Å². The minimum Gasteiger partial charge on any atom is -0.297 e. The van der Waals surface area contributed by atoms with Crippen LogP contribution in [0.5, 0.6) is 0 Å². The third-order valence-electron chi connectivity index (χ3n) is 1.88. The molecule has 1 heterocycles. The maximum absolute atomic E-state index is 11.4. The summed E-state index contributed by atoms with van der Waals surface area (Å²) in [6.07, 6.45) is 1.97. The number of benzene rings is 1. The molecule has 0 aliphatic rings. The molecule has 0 aliphatic heterocycles. The fraction of sp³-hybridized carbons (Fsp3) is 0.111. The van der Waals surface area contributed by atoms with E-state index in [4.69, 9.17) is 11.6 Å². The van der Waals surface area contributed by atoms with Gasteiger partial charge in [-0.1, -0.05) is 0 Å². The molecule has 0 spiro atoms. The van der Waals surface area contributed by atoms with E-state index in [-0.39, 0.29) is 10.8 Å². The third-order valence-corrected chi connectivity index (χ3v) is 2.79. The molecule has 0 unspecified atom stereocenters. The molecule has 0 aliphatic carbocycles. The van der Waals surface area contributed by atoms with Crippen LogP contribution in [-0.2, 0) is 0 Å². The van der Waals surface area contributed by atoms with E-state index in [0.717, 1.165) is 4.90 Å². The molecule has 0 amide bonds. The predicted molar refractivity (Wildman–Crippen MR) is 59.2 cm³/mol. The van der Waals surface area contributed by atoms with Crippen LogP contribution in [0.2, 0.25) is 5.28 Å². The van der Waals surface area contributed by atoms with Crippen LogP contribution in [-0.4, -0.2) is 16.2 Å². The zero-order valence-corrected chi connectivity index (χ0v) is 8.95. The lowest BCUT2D eigenvalue weighted by Crippen LogP contribution is -2.07. The third kappa shape index (κ3) is 1.63. The van der Waals surface area contributed by atoms with Crippen molar-refractivity contribution in [1.29, 1.82) is 0 Å². The number of nitrogens with one attached hydrogen (secondary N) is 1. The summed E-state index contributed by atoms with van der Waals surface area (Å²) in [5, 5.41) is 0.688. The quantitative estimate of drug-likeness (QED) is 0.600. The zero-order valence-electron chi connectivity index (χ0n) is 7.37. The first kappa shape index (κ1) is 9.55. The normalized spacial score (nSPS) is 10.7. The van der Waals surface area contributed by atoms with Crippen LogP contribution in [0.25, 0.3) is 10.9 Å². The summed E-state index contributed by atoms with van der Waals surface area (Å²) in [5.74, 6) is 0. The van der Waals surface area contributed by atoms with Gasteiger partial charge >= 0.3 is 0 Å². The summed E-state index contributed by atoms with van der Waals surface area (Å²) in [6.45, 7) is 0. The van der Waals surface area contributed by atoms with Crippen LogP contribution < -0.4 is 5.56 Å². The fourth-order valence-corrected chi connectivity index (χ4v) is 1.83. The van der Waals surface area contributed by atoms with Gasteiger partial charge in [0.1, 0.15) is 0 Å². The highest BCUT2D eigenvalue weighted by Gasteiger charge is 2.02. The van der Waals surface area contributed by atoms with Gasteiger partial charge in [-0.2, -0.15) is 0 Å². The lowest BCUT2D eigenvalue weighted by Gasteiger charge is -1.99. The first-order valence-corrected chi connectivity index (χ1v) is 5.54. The second-order valence-corrected chi connectivity index (χ2v) is 3.98. The van der Waals surface area contributed by atoms with Crippen molar-refractivity contribution >= 4 is 34.3 Å². The summed E-state index contributed by atoms with van der Waals surface area (Å²) >= 11 is 7.25. The lowest BCUT2D eigenvalue weighted by molar-refractivity contribution is 1.17. The summed E-state index contributed by atoms with van der Waals surface area (Å²) in [7, 11) is 0. The van der Waals surface area contributed by atoms with Crippen LogP contribution in [0.3, 0.4) is 0 Å². The first-order valence-electron chi connectivity index (χ1n) is 3.94. The number of hydrogen-bond acceptors (Lipinski definition) is 3. The molecule has 0 saturated carbocycles. The number of nitrogens with zero attached hydrogens (tertiary/aromatic N) is 1. The van der Waals surface area contributed by atoms with Crippen molar-refractivity contribution in [3.05, 3.63) is 33.8 Å². The average Bonchev–Trinajstić information content (AvgIpc) is 2.16. The van der Waals surface area contributed by atoms with E-state index in [2.05, 4.69) is 9.97 Å². The SMILES string of the molecule is CSc1ccc2c(=O)[nH]c(Cl)nc2c1. The molecule has 14 heavy (non-hydrogen) atoms. The molecule has 5 heteroatoms. The van der Waals surface area contributed by atoms with Gasteiger partial charge in [0.2, 0.25) is 5.28 Å². The minimum atomic E-state index is -0.201. The Labute approximate surface area is 89.5 Å². The Morgan fingerprint density at radius 3 is 3.00 bits per heavy atom. The Balaban J connectivity index is 2.82. The van der Waals surface area contributed by atoms with Crippen molar-refractivity contribution in [2.45, 2.75) is 4.90 Å². The molecule has 0 saturated heterocycles. The first-order chi connectivity index (χ1) is 6.70. The van der Waals surface area contributed by atoms with Crippen molar-refractivity contribution in [1.82, 2.24) is 9.97 Å². The van der Waals surface area contributed by atoms with Crippen molar-refractivity contribution in [2.75, 3.05) is 6.26 Å². The molecule has 0 radical (unpaired) electrons. The number of thioether (sulfide) groups is 1. The average molecular weight is 227 g/mol. The Morgan fingerprint density at radius 2 is 2.29 bits per heavy atom. The van der Waals surface area contributed by atoms with Gasteiger partial charge in [-0.3, -0.25) is 9.78 Å². The van der Waals surface area contributed by atoms with Crippen LogP contribution in [0.1, 0.15) is 0 Å². The van der Waals surface area contributed by atoms with Gasteiger partial charge in [-0.25, -0.2) is 4.98 Å². The van der Waals surface area contributed by atoms with E-state index in [9.17, 15) is 4.79 Å². The Morgan fingerprint density at radius 1 is 1.50 bits per heavy atom. The number of aromatic nitrogens is 2. The summed E-state index contributed by atoms with van der Waals surface area (Å²) < 4.78 is 0. The van der Waals surface area contributed by atoms with Gasteiger partial charge in [0.05, 0.1) is 10.9 Å². The molecule has 0 bridgehead atoms. The fourth-order valence-electron chi connectivity index (χ4n) is 1.22. The number of fused-ring (bicyclic) bond motifs is 1. The molecule has 72 valence electrons. The smallest absolute Gasteiger partial charge is 0.259 e. The second kappa shape index (κ2) is 3.63. The molecule has 3 nitrogen and oxygen atoms in total. The minimum absolute atomic E-state index is 0.126. The maximum atomic E-state index is 11.4. The van der Waals surface area contributed by atoms with E-state index in [1.54, 1.807) is 17.8 Å². The Bertz CT molecular complexity index is 538. The number of hydrogen-bond donors (Lipinski definition) is 1. The molecule has 2 rings (SSSR count). The van der Waals surface area contributed by atoms with E-state index in [1.165, 1.54) is 0 Å². The molecule has 1 aromatic carbocycles. The van der Waals surface area contributed by atoms with E-state index >= 15 is 0 Å². The summed E-state index contributed by atoms with van der Waals surface area (Å²) in [4.78, 5) is 19.0.